The third kappa shape index (κ3) is 1.84. The van der Waals surface area contributed by atoms with E-state index in [0.29, 0.717) is 11.2 Å². The highest BCUT2D eigenvalue weighted by Gasteiger charge is 2.48. The molecule has 2 saturated heterocycles. The molecule has 1 spiro atoms. The van der Waals surface area contributed by atoms with Gasteiger partial charge in [0.15, 0.2) is 6.17 Å². The summed E-state index contributed by atoms with van der Waals surface area (Å²) < 4.78 is 0.634. The van der Waals surface area contributed by atoms with Gasteiger partial charge >= 0.3 is 0 Å². The van der Waals surface area contributed by atoms with Gasteiger partial charge in [-0.05, 0) is 19.3 Å². The first kappa shape index (κ1) is 10.8. The molecule has 0 aliphatic carbocycles. The van der Waals surface area contributed by atoms with Crippen molar-refractivity contribution in [2.24, 2.45) is 4.99 Å². The van der Waals surface area contributed by atoms with Crippen LogP contribution >= 0.6 is 0 Å². The molecule has 2 fully saturated rings. The molecule has 5 heteroatoms. The molecule has 2 aliphatic rings. The minimum absolute atomic E-state index is 0.0369. The average Bonchev–Trinajstić information content (AvgIpc) is 2.47. The molecule has 84 valence electrons. The molecule has 5 nitrogen and oxygen atoms in total. The van der Waals surface area contributed by atoms with Crippen LogP contribution in [0.3, 0.4) is 0 Å². The number of hydrogen-bond acceptors (Lipinski definition) is 4. The first-order chi connectivity index (χ1) is 7.29. The van der Waals surface area contributed by atoms with Crippen LogP contribution in [0.25, 0.3) is 0 Å². The molecule has 0 radical (unpaired) electrons. The topological polar surface area (TPSA) is 47.9 Å². The number of quaternary nitrogens is 1. The maximum atomic E-state index is 10.4. The zero-order valence-corrected chi connectivity index (χ0v) is 9.02. The Morgan fingerprint density at radius 2 is 2.27 bits per heavy atom. The first-order valence-electron chi connectivity index (χ1n) is 5.51. The highest BCUT2D eigenvalue weighted by atomic mass is 17.2. The minimum Gasteiger partial charge on any atom is -0.251 e. The average molecular weight is 213 g/mol. The molecule has 3 atom stereocenters. The van der Waals surface area contributed by atoms with Gasteiger partial charge in [-0.15, -0.1) is 4.99 Å². The number of rotatable bonds is 1. The second-order valence-electron chi connectivity index (χ2n) is 4.32. The van der Waals surface area contributed by atoms with Gasteiger partial charge in [0.1, 0.15) is 0 Å². The predicted octanol–water partition coefficient (Wildman–Crippen LogP) is 1.30. The Balaban J connectivity index is 2.26. The lowest BCUT2D eigenvalue weighted by Gasteiger charge is -2.37. The molecule has 0 saturated carbocycles. The van der Waals surface area contributed by atoms with Crippen molar-refractivity contribution in [1.82, 2.24) is 0 Å². The van der Waals surface area contributed by atoms with Crippen LogP contribution in [0.5, 0.6) is 0 Å². The fourth-order valence-electron chi connectivity index (χ4n) is 2.55. The maximum absolute atomic E-state index is 10.4. The van der Waals surface area contributed by atoms with E-state index in [2.05, 4.69) is 4.99 Å². The van der Waals surface area contributed by atoms with E-state index in [1.54, 1.807) is 6.08 Å². The summed E-state index contributed by atoms with van der Waals surface area (Å²) >= 11 is 0. The lowest BCUT2D eigenvalue weighted by atomic mass is 10.2. The zero-order valence-electron chi connectivity index (χ0n) is 9.02. The van der Waals surface area contributed by atoms with Crippen molar-refractivity contribution in [1.29, 1.82) is 0 Å². The summed E-state index contributed by atoms with van der Waals surface area (Å²) in [7, 11) is 0. The zero-order chi connectivity index (χ0) is 10.7. The molecule has 2 rings (SSSR count). The van der Waals surface area contributed by atoms with Crippen LogP contribution in [0.4, 0.5) is 0 Å². The Morgan fingerprint density at radius 1 is 1.40 bits per heavy atom. The van der Waals surface area contributed by atoms with E-state index in [4.69, 9.17) is 9.78 Å². The number of aliphatic imine (C=N–C) groups is 1. The van der Waals surface area contributed by atoms with E-state index in [-0.39, 0.29) is 12.4 Å². The van der Waals surface area contributed by atoms with Crippen LogP contribution in [-0.4, -0.2) is 36.2 Å². The van der Waals surface area contributed by atoms with E-state index in [9.17, 15) is 4.79 Å². The number of nitrogens with zero attached hydrogens (tertiary/aromatic N) is 2. The van der Waals surface area contributed by atoms with Crippen molar-refractivity contribution in [3.8, 4) is 0 Å². The summed E-state index contributed by atoms with van der Waals surface area (Å²) in [4.78, 5) is 24.6. The molecular formula is C10H17N2O3+. The molecule has 3 unspecified atom stereocenters. The quantitative estimate of drug-likeness (QED) is 0.285. The van der Waals surface area contributed by atoms with E-state index < -0.39 is 0 Å². The smallest absolute Gasteiger partial charge is 0.240 e. The highest BCUT2D eigenvalue weighted by Crippen LogP contribution is 2.33. The Bertz CT molecular complexity index is 278. The van der Waals surface area contributed by atoms with E-state index in [1.807, 2.05) is 6.92 Å². The van der Waals surface area contributed by atoms with Gasteiger partial charge in [-0.25, -0.2) is 4.79 Å². The van der Waals surface area contributed by atoms with Crippen molar-refractivity contribution >= 4 is 6.08 Å². The normalized spacial score (nSPS) is 41.1. The molecule has 2 aliphatic heterocycles. The van der Waals surface area contributed by atoms with E-state index in [1.165, 1.54) is 6.42 Å². The first-order valence-corrected chi connectivity index (χ1v) is 5.51. The van der Waals surface area contributed by atoms with Gasteiger partial charge in [-0.3, -0.25) is 4.48 Å². The Labute approximate surface area is 89.2 Å². The van der Waals surface area contributed by atoms with E-state index in [0.717, 1.165) is 25.8 Å². The molecule has 0 aromatic rings. The van der Waals surface area contributed by atoms with E-state index >= 15 is 0 Å². The standard InChI is InChI=1S/C10H17N2O3/c1-9-12(8-14-15-9)6-4-2-3-5-10(12)11-7-13/h9-10H,2-6,8H2,1H3/q+1. The second-order valence-corrected chi connectivity index (χ2v) is 4.32. The Hall–Kier alpha value is -0.740. The monoisotopic (exact) mass is 213 g/mol. The minimum atomic E-state index is -0.0394. The van der Waals surface area contributed by atoms with Crippen molar-refractivity contribution in [2.45, 2.75) is 45.0 Å². The fraction of sp³-hybridized carbons (Fsp3) is 0.900. The summed E-state index contributed by atoms with van der Waals surface area (Å²) in [6.07, 6.45) is 5.98. The van der Waals surface area contributed by atoms with Gasteiger partial charge < -0.3 is 0 Å². The van der Waals surface area contributed by atoms with Crippen LogP contribution in [0, 0.1) is 0 Å². The largest absolute Gasteiger partial charge is 0.251 e. The van der Waals surface area contributed by atoms with Gasteiger partial charge in [-0.1, -0.05) is 0 Å². The van der Waals surface area contributed by atoms with Crippen LogP contribution < -0.4 is 0 Å². The lowest BCUT2D eigenvalue weighted by Crippen LogP contribution is -2.56. The third-order valence-corrected chi connectivity index (χ3v) is 3.56. The second kappa shape index (κ2) is 4.41. The van der Waals surface area contributed by atoms with Crippen molar-refractivity contribution in [3.63, 3.8) is 0 Å². The van der Waals surface area contributed by atoms with Gasteiger partial charge in [0.05, 0.1) is 6.54 Å². The van der Waals surface area contributed by atoms with Gasteiger partial charge in [0.2, 0.25) is 19.0 Å². The van der Waals surface area contributed by atoms with Crippen molar-refractivity contribution in [3.05, 3.63) is 0 Å². The van der Waals surface area contributed by atoms with Crippen LogP contribution in [0.2, 0.25) is 0 Å². The molecule has 2 heterocycles. The lowest BCUT2D eigenvalue weighted by molar-refractivity contribution is -0.972. The summed E-state index contributed by atoms with van der Waals surface area (Å²) in [5, 5.41) is 0. The molecule has 0 aromatic carbocycles. The maximum Gasteiger partial charge on any atom is 0.240 e. The molecule has 0 N–H and O–H groups in total. The summed E-state index contributed by atoms with van der Waals surface area (Å²) in [5.41, 5.74) is 0. The van der Waals surface area contributed by atoms with Crippen molar-refractivity contribution < 1.29 is 19.1 Å². The van der Waals surface area contributed by atoms with Gasteiger partial charge in [0.25, 0.3) is 0 Å². The molecule has 0 aromatic heterocycles. The van der Waals surface area contributed by atoms with Crippen LogP contribution in [0.1, 0.15) is 32.6 Å². The van der Waals surface area contributed by atoms with Crippen molar-refractivity contribution in [2.75, 3.05) is 13.3 Å². The Kier molecular flexibility index (Phi) is 3.17. The molecular weight excluding hydrogens is 196 g/mol. The summed E-state index contributed by atoms with van der Waals surface area (Å²) in [6.45, 7) is 3.44. The Morgan fingerprint density at radius 3 is 2.93 bits per heavy atom. The number of hydrogen-bond donors (Lipinski definition) is 0. The van der Waals surface area contributed by atoms with Gasteiger partial charge in [-0.2, -0.15) is 9.78 Å². The fourth-order valence-corrected chi connectivity index (χ4v) is 2.55. The third-order valence-electron chi connectivity index (χ3n) is 3.56. The van der Waals surface area contributed by atoms with Crippen LogP contribution in [0.15, 0.2) is 4.99 Å². The van der Waals surface area contributed by atoms with Crippen LogP contribution in [-0.2, 0) is 14.6 Å². The molecule has 0 bridgehead atoms. The molecule has 0 amide bonds. The number of carbonyl (C=O) groups excluding carboxylic acids is 1. The SMILES string of the molecule is CC1OOC[N+]12CCCCCC2N=C=O. The molecule has 15 heavy (non-hydrogen) atoms. The summed E-state index contributed by atoms with van der Waals surface area (Å²) in [5.74, 6) is 0. The highest BCUT2D eigenvalue weighted by molar-refractivity contribution is 5.33. The predicted molar refractivity (Wildman–Crippen MR) is 52.0 cm³/mol. The number of isocyanates is 1. The van der Waals surface area contributed by atoms with Gasteiger partial charge in [0, 0.05) is 13.3 Å². The summed E-state index contributed by atoms with van der Waals surface area (Å²) in [6, 6.07) is 0.